The Balaban J connectivity index is 0.00000361. The molecule has 1 atom stereocenters. The van der Waals surface area contributed by atoms with E-state index in [1.165, 1.54) is 0 Å². The maximum Gasteiger partial charge on any atom is 1.00 e. The Morgan fingerprint density at radius 2 is 1.81 bits per heavy atom. The van der Waals surface area contributed by atoms with Crippen LogP contribution in [-0.4, -0.2) is 57.0 Å². The first kappa shape index (κ1) is 29.0. The number of carboxylic acids is 1. The molecular weight excluding hydrogens is 548 g/mol. The van der Waals surface area contributed by atoms with E-state index in [0.29, 0.717) is 29.8 Å². The Hall–Kier alpha value is -1.52. The number of benzene rings is 2. The first-order chi connectivity index (χ1) is 16.9. The number of anilines is 1. The van der Waals surface area contributed by atoms with Gasteiger partial charge in [-0.3, -0.25) is 9.69 Å². The molecule has 182 valence electrons. The number of halogens is 2. The van der Waals surface area contributed by atoms with Crippen molar-refractivity contribution >= 4 is 86.0 Å². The molecule has 0 saturated carbocycles. The molecule has 6 nitrogen and oxygen atoms in total. The van der Waals surface area contributed by atoms with Gasteiger partial charge in [0.05, 0.1) is 16.9 Å². The van der Waals surface area contributed by atoms with Crippen LogP contribution in [0.15, 0.2) is 59.6 Å². The Kier molecular flexibility index (Phi) is 10.8. The second-order valence-electron chi connectivity index (χ2n) is 7.91. The zero-order chi connectivity index (χ0) is 24.9. The first-order valence-corrected chi connectivity index (χ1v) is 13.2. The first-order valence-electron chi connectivity index (χ1n) is 10.9. The van der Waals surface area contributed by atoms with Crippen LogP contribution in [0.5, 0.6) is 0 Å². The number of rotatable bonds is 10. The normalized spacial score (nSPS) is 15.4. The minimum absolute atomic E-state index is 0. The van der Waals surface area contributed by atoms with Crippen molar-refractivity contribution < 1.29 is 44.3 Å². The fraction of sp³-hybridized carbons (Fsp3) is 0.240. The summed E-state index contributed by atoms with van der Waals surface area (Å²) in [6.07, 6.45) is 3.56. The molecule has 0 spiro atoms. The van der Waals surface area contributed by atoms with Gasteiger partial charge in [-0.05, 0) is 35.4 Å². The van der Waals surface area contributed by atoms with Crippen molar-refractivity contribution in [1.29, 1.82) is 0 Å². The van der Waals surface area contributed by atoms with E-state index in [4.69, 9.17) is 35.4 Å². The number of nitrogens with zero attached hydrogens (tertiary/aromatic N) is 2. The SMILES string of the molecule is O=C([O-])C(Cc1c[nH]c2ccccc12)N1C(=O)/C(=C\c2ccc(N(CCCl)CCCl)cc2)SC1=S.[Na+]. The largest absolute Gasteiger partial charge is 1.00 e. The van der Waals surface area contributed by atoms with Gasteiger partial charge in [0.25, 0.3) is 5.91 Å². The van der Waals surface area contributed by atoms with Crippen LogP contribution in [0.2, 0.25) is 0 Å². The number of thioether (sulfide) groups is 1. The number of nitrogens with one attached hydrogen (secondary N) is 1. The van der Waals surface area contributed by atoms with Gasteiger partial charge in [0.2, 0.25) is 0 Å². The van der Waals surface area contributed by atoms with Gasteiger partial charge >= 0.3 is 29.6 Å². The summed E-state index contributed by atoms with van der Waals surface area (Å²) >= 11 is 18.3. The van der Waals surface area contributed by atoms with Crippen LogP contribution < -0.4 is 39.6 Å². The number of hydrogen-bond acceptors (Lipinski definition) is 6. The zero-order valence-electron chi connectivity index (χ0n) is 19.6. The van der Waals surface area contributed by atoms with Crippen LogP contribution in [0.3, 0.4) is 0 Å². The van der Waals surface area contributed by atoms with Crippen LogP contribution in [0.1, 0.15) is 11.1 Å². The molecule has 2 heterocycles. The summed E-state index contributed by atoms with van der Waals surface area (Å²) in [6.45, 7) is 1.35. The summed E-state index contributed by atoms with van der Waals surface area (Å²) in [4.78, 5) is 32.0. The van der Waals surface area contributed by atoms with E-state index in [1.807, 2.05) is 48.5 Å². The molecule has 36 heavy (non-hydrogen) atoms. The van der Waals surface area contributed by atoms with Crippen LogP contribution in [0.4, 0.5) is 5.69 Å². The second kappa shape index (κ2) is 13.3. The third-order valence-corrected chi connectivity index (χ3v) is 7.43. The molecule has 0 aliphatic carbocycles. The van der Waals surface area contributed by atoms with Crippen LogP contribution in [-0.2, 0) is 16.0 Å². The van der Waals surface area contributed by atoms with Gasteiger partial charge in [-0.15, -0.1) is 23.2 Å². The number of aromatic amines is 1. The predicted molar refractivity (Wildman–Crippen MR) is 146 cm³/mol. The third kappa shape index (κ3) is 6.48. The number of fused-ring (bicyclic) bond motifs is 1. The second-order valence-corrected chi connectivity index (χ2v) is 10.3. The number of hydrogen-bond donors (Lipinski definition) is 1. The smallest absolute Gasteiger partial charge is 0.548 e. The van der Waals surface area contributed by atoms with E-state index >= 15 is 0 Å². The fourth-order valence-corrected chi connectivity index (χ4v) is 5.81. The molecule has 1 unspecified atom stereocenters. The Bertz CT molecular complexity index is 1280. The van der Waals surface area contributed by atoms with Crippen molar-refractivity contribution in [2.75, 3.05) is 29.7 Å². The number of H-pyrrole nitrogens is 1. The maximum atomic E-state index is 13.2. The van der Waals surface area contributed by atoms with E-state index in [2.05, 4.69) is 9.88 Å². The Morgan fingerprint density at radius 3 is 2.44 bits per heavy atom. The van der Waals surface area contributed by atoms with Gasteiger partial charge in [-0.25, -0.2) is 0 Å². The average Bonchev–Trinajstić information content (AvgIpc) is 3.38. The van der Waals surface area contributed by atoms with E-state index < -0.39 is 17.9 Å². The van der Waals surface area contributed by atoms with Gasteiger partial charge in [0, 0.05) is 54.1 Å². The molecule has 4 rings (SSSR count). The summed E-state index contributed by atoms with van der Waals surface area (Å²) in [7, 11) is 0. The van der Waals surface area contributed by atoms with Crippen molar-refractivity contribution in [1.82, 2.24) is 9.88 Å². The van der Waals surface area contributed by atoms with Crippen LogP contribution in [0, 0.1) is 0 Å². The molecule has 1 aliphatic heterocycles. The monoisotopic (exact) mass is 569 g/mol. The molecule has 0 bridgehead atoms. The minimum Gasteiger partial charge on any atom is -0.548 e. The van der Waals surface area contributed by atoms with Crippen LogP contribution in [0.25, 0.3) is 17.0 Å². The Labute approximate surface area is 251 Å². The standard InChI is InChI=1S/C25H23Cl2N3O3S2.Na/c26-9-11-29(12-10-27)18-7-5-16(6-8-18)13-22-23(31)30(25(34)35-22)21(24(32)33)14-17-15-28-20-4-2-1-3-19(17)20;/h1-8,13,15,21,28H,9-12,14H2,(H,32,33);/q;+1/p-1/b22-13+;. The summed E-state index contributed by atoms with van der Waals surface area (Å²) < 4.78 is 0.197. The Morgan fingerprint density at radius 1 is 1.14 bits per heavy atom. The summed E-state index contributed by atoms with van der Waals surface area (Å²) in [5.74, 6) is -0.821. The number of amides is 1. The molecule has 1 fully saturated rings. The third-order valence-electron chi connectivity index (χ3n) is 5.76. The molecule has 1 aromatic heterocycles. The van der Waals surface area contributed by atoms with Gasteiger partial charge in [-0.1, -0.05) is 54.3 Å². The average molecular weight is 570 g/mol. The molecule has 1 amide bonds. The molecule has 1 saturated heterocycles. The summed E-state index contributed by atoms with van der Waals surface area (Å²) in [6, 6.07) is 14.0. The summed E-state index contributed by atoms with van der Waals surface area (Å²) in [5.41, 5.74) is 3.45. The number of aliphatic carboxylic acids is 1. The van der Waals surface area contributed by atoms with Gasteiger partial charge in [0.15, 0.2) is 0 Å². The number of thiocarbonyl (C=S) groups is 1. The fourth-order valence-electron chi connectivity index (χ4n) is 4.04. The van der Waals surface area contributed by atoms with Gasteiger partial charge in [0.1, 0.15) is 4.32 Å². The van der Waals surface area contributed by atoms with E-state index in [0.717, 1.165) is 44.4 Å². The van der Waals surface area contributed by atoms with Crippen molar-refractivity contribution in [2.45, 2.75) is 12.5 Å². The maximum absolute atomic E-state index is 13.2. The number of carbonyl (C=O) groups excluding carboxylic acids is 2. The molecule has 1 aliphatic rings. The number of para-hydroxylation sites is 1. The van der Waals surface area contributed by atoms with E-state index in [-0.39, 0.29) is 40.3 Å². The number of carbonyl (C=O) groups is 2. The van der Waals surface area contributed by atoms with Crippen molar-refractivity contribution in [3.05, 3.63) is 70.8 Å². The molecule has 2 aromatic carbocycles. The topological polar surface area (TPSA) is 79.5 Å². The zero-order valence-corrected chi connectivity index (χ0v) is 24.7. The number of alkyl halides is 2. The quantitative estimate of drug-likeness (QED) is 0.170. The molecular formula is C25H22Cl2N3NaO3S2. The molecule has 11 heteroatoms. The van der Waals surface area contributed by atoms with Gasteiger partial charge < -0.3 is 19.8 Å². The molecule has 1 N–H and O–H groups in total. The molecule has 3 aromatic rings. The van der Waals surface area contributed by atoms with Crippen molar-refractivity contribution in [2.24, 2.45) is 0 Å². The van der Waals surface area contributed by atoms with Gasteiger partial charge in [-0.2, -0.15) is 0 Å². The van der Waals surface area contributed by atoms with Crippen LogP contribution >= 0.6 is 47.2 Å². The minimum atomic E-state index is -1.35. The number of aromatic nitrogens is 1. The number of carboxylic acid groups (broad SMARTS) is 1. The summed E-state index contributed by atoms with van der Waals surface area (Å²) in [5, 5.41) is 13.0. The van der Waals surface area contributed by atoms with Crippen molar-refractivity contribution in [3.8, 4) is 0 Å². The molecule has 0 radical (unpaired) electrons. The van der Waals surface area contributed by atoms with E-state index in [9.17, 15) is 14.7 Å². The van der Waals surface area contributed by atoms with E-state index in [1.54, 1.807) is 12.3 Å². The van der Waals surface area contributed by atoms with Crippen molar-refractivity contribution in [3.63, 3.8) is 0 Å². The predicted octanol–water partition coefficient (Wildman–Crippen LogP) is 1.02.